The number of aromatic nitrogens is 2. The zero-order valence-corrected chi connectivity index (χ0v) is 34.6. The van der Waals surface area contributed by atoms with E-state index >= 15 is 0 Å². The second kappa shape index (κ2) is 15.0. The maximum absolute atomic E-state index is 2.44. The van der Waals surface area contributed by atoms with E-state index in [2.05, 4.69) is 264 Å². The molecule has 0 saturated heterocycles. The monoisotopic (exact) mass is 804 g/mol. The van der Waals surface area contributed by atoms with Crippen LogP contribution in [0.25, 0.3) is 77.2 Å². The van der Waals surface area contributed by atoms with Crippen molar-refractivity contribution in [2.75, 3.05) is 0 Å². The van der Waals surface area contributed by atoms with Crippen LogP contribution in [0.1, 0.15) is 0 Å². The summed E-state index contributed by atoms with van der Waals surface area (Å²) >= 11 is 0. The van der Waals surface area contributed by atoms with E-state index in [9.17, 15) is 0 Å². The SMILES string of the molecule is c1ccc(-c2cccc(-n3c4ccccc4c4cc(-c5ccc6c(c5)c5ccccc5n6-c5cccc([N+](c6ccccc6)(c6ccccc6)c6ccccc6)c5)ccc43)c2)cc1. The normalized spacial score (nSPS) is 11.8. The lowest BCUT2D eigenvalue weighted by atomic mass is 10.0. The molecule has 3 nitrogen and oxygen atoms in total. The molecule has 0 N–H and O–H groups in total. The molecule has 0 aliphatic heterocycles. The highest BCUT2D eigenvalue weighted by Gasteiger charge is 2.39. The Morgan fingerprint density at radius 3 is 1.10 bits per heavy atom. The van der Waals surface area contributed by atoms with Gasteiger partial charge in [-0.15, -0.1) is 0 Å². The van der Waals surface area contributed by atoms with E-state index in [0.29, 0.717) is 4.48 Å². The maximum Gasteiger partial charge on any atom is 0.150 e. The molecular formula is C60H42N3+. The summed E-state index contributed by atoms with van der Waals surface area (Å²) in [6, 6.07) is 92.8. The van der Waals surface area contributed by atoms with Crippen LogP contribution in [0.3, 0.4) is 0 Å². The number of fused-ring (bicyclic) bond motifs is 6. The molecule has 12 aromatic rings. The highest BCUT2D eigenvalue weighted by atomic mass is 15.4. The molecule has 296 valence electrons. The summed E-state index contributed by atoms with van der Waals surface area (Å²) in [7, 11) is 0. The highest BCUT2D eigenvalue weighted by Crippen LogP contribution is 2.52. The molecule has 12 rings (SSSR count). The van der Waals surface area contributed by atoms with Crippen molar-refractivity contribution in [3.8, 4) is 33.6 Å². The van der Waals surface area contributed by atoms with Gasteiger partial charge in [-0.3, -0.25) is 0 Å². The Labute approximate surface area is 366 Å². The van der Waals surface area contributed by atoms with Crippen LogP contribution in [0.4, 0.5) is 22.7 Å². The van der Waals surface area contributed by atoms with Crippen molar-refractivity contribution in [2.45, 2.75) is 0 Å². The molecule has 0 saturated carbocycles. The van der Waals surface area contributed by atoms with E-state index < -0.39 is 0 Å². The molecule has 0 amide bonds. The first-order valence-electron chi connectivity index (χ1n) is 21.7. The molecule has 63 heavy (non-hydrogen) atoms. The Morgan fingerprint density at radius 2 is 0.587 bits per heavy atom. The van der Waals surface area contributed by atoms with Crippen LogP contribution in [0.2, 0.25) is 0 Å². The lowest BCUT2D eigenvalue weighted by molar-refractivity contribution is 0.703. The maximum atomic E-state index is 2.44. The minimum absolute atomic E-state index is 0.439. The fourth-order valence-electron chi connectivity index (χ4n) is 10.0. The molecule has 0 fully saturated rings. The van der Waals surface area contributed by atoms with Crippen molar-refractivity contribution in [1.29, 1.82) is 0 Å². The lowest BCUT2D eigenvalue weighted by Gasteiger charge is -2.37. The van der Waals surface area contributed by atoms with Gasteiger partial charge in [-0.1, -0.05) is 152 Å². The molecule has 3 heteroatoms. The Morgan fingerprint density at radius 1 is 0.222 bits per heavy atom. The Kier molecular flexibility index (Phi) is 8.74. The van der Waals surface area contributed by atoms with Gasteiger partial charge in [-0.25, -0.2) is 0 Å². The number of rotatable bonds is 8. The van der Waals surface area contributed by atoms with Crippen LogP contribution in [-0.2, 0) is 0 Å². The average Bonchev–Trinajstić information content (AvgIpc) is 3.88. The van der Waals surface area contributed by atoms with Crippen LogP contribution < -0.4 is 4.48 Å². The fraction of sp³-hybridized carbons (Fsp3) is 0. The van der Waals surface area contributed by atoms with Crippen molar-refractivity contribution in [3.63, 3.8) is 0 Å². The number of para-hydroxylation sites is 5. The fourth-order valence-corrected chi connectivity index (χ4v) is 10.0. The zero-order valence-electron chi connectivity index (χ0n) is 34.6. The van der Waals surface area contributed by atoms with Crippen molar-refractivity contribution in [1.82, 2.24) is 13.6 Å². The largest absolute Gasteiger partial charge is 0.309 e. The lowest BCUT2D eigenvalue weighted by Crippen LogP contribution is -2.33. The van der Waals surface area contributed by atoms with Crippen molar-refractivity contribution >= 4 is 66.4 Å². The van der Waals surface area contributed by atoms with Gasteiger partial charge < -0.3 is 9.13 Å². The molecule has 10 aromatic carbocycles. The van der Waals surface area contributed by atoms with E-state index in [1.54, 1.807) is 0 Å². The highest BCUT2D eigenvalue weighted by molar-refractivity contribution is 6.13. The number of quaternary nitrogens is 1. The van der Waals surface area contributed by atoms with E-state index in [4.69, 9.17) is 0 Å². The van der Waals surface area contributed by atoms with E-state index in [-0.39, 0.29) is 0 Å². The van der Waals surface area contributed by atoms with Crippen LogP contribution in [0.15, 0.2) is 255 Å². The van der Waals surface area contributed by atoms with Gasteiger partial charge >= 0.3 is 0 Å². The predicted octanol–water partition coefficient (Wildman–Crippen LogP) is 16.5. The molecule has 0 unspecified atom stereocenters. The standard InChI is InChI=1S/C60H42N3/c1-5-19-43(20-6-1)44-21-17-22-47(39-44)61-57-33-15-13-31-53(57)55-40-45(35-37-59(55)61)46-36-38-60-56(41-46)54-32-14-16-34-58(54)62(60)48-23-18-30-52(42-48)63(49-24-7-2-8-25-49,50-26-9-3-10-27-50)51-28-11-4-12-29-51/h1-42H/q+1. The van der Waals surface area contributed by atoms with Crippen LogP contribution in [0, 0.1) is 0 Å². The van der Waals surface area contributed by atoms with Crippen LogP contribution in [0.5, 0.6) is 0 Å². The van der Waals surface area contributed by atoms with E-state index in [1.807, 2.05) is 0 Å². The second-order valence-electron chi connectivity index (χ2n) is 16.3. The second-order valence-corrected chi connectivity index (χ2v) is 16.3. The predicted molar refractivity (Wildman–Crippen MR) is 266 cm³/mol. The van der Waals surface area contributed by atoms with Crippen molar-refractivity contribution < 1.29 is 0 Å². The number of hydrogen-bond donors (Lipinski definition) is 0. The minimum atomic E-state index is 0.439. The molecule has 0 aliphatic carbocycles. The van der Waals surface area contributed by atoms with Crippen LogP contribution in [-0.4, -0.2) is 9.13 Å². The zero-order chi connectivity index (χ0) is 41.7. The van der Waals surface area contributed by atoms with E-state index in [0.717, 1.165) is 17.1 Å². The first-order chi connectivity index (χ1) is 31.3. The summed E-state index contributed by atoms with van der Waals surface area (Å²) in [5.74, 6) is 0. The molecule has 2 aromatic heterocycles. The Hall–Kier alpha value is -8.24. The summed E-state index contributed by atoms with van der Waals surface area (Å²) in [6.45, 7) is 0. The van der Waals surface area contributed by atoms with Gasteiger partial charge in [-0.05, 0) is 76.9 Å². The van der Waals surface area contributed by atoms with Gasteiger partial charge in [0.25, 0.3) is 0 Å². The Bertz CT molecular complexity index is 3510. The van der Waals surface area contributed by atoms with Gasteiger partial charge in [0.05, 0.1) is 27.8 Å². The first kappa shape index (κ1) is 36.6. The molecule has 0 bridgehead atoms. The van der Waals surface area contributed by atoms with Crippen LogP contribution >= 0.6 is 0 Å². The number of benzene rings is 10. The molecule has 0 aliphatic rings. The number of hydrogen-bond acceptors (Lipinski definition) is 0. The Balaban J connectivity index is 1.01. The van der Waals surface area contributed by atoms with Gasteiger partial charge in [0.1, 0.15) is 22.7 Å². The molecular weight excluding hydrogens is 763 g/mol. The summed E-state index contributed by atoms with van der Waals surface area (Å²) in [5.41, 5.74) is 16.5. The smallest absolute Gasteiger partial charge is 0.150 e. The molecule has 0 radical (unpaired) electrons. The third-order valence-corrected chi connectivity index (χ3v) is 12.8. The topological polar surface area (TPSA) is 9.86 Å². The summed E-state index contributed by atoms with van der Waals surface area (Å²) in [6.07, 6.45) is 0. The quantitative estimate of drug-likeness (QED) is 0.135. The molecule has 0 spiro atoms. The summed E-state index contributed by atoms with van der Waals surface area (Å²) in [4.78, 5) is 0. The van der Waals surface area contributed by atoms with Crippen molar-refractivity contribution in [3.05, 3.63) is 255 Å². The summed E-state index contributed by atoms with van der Waals surface area (Å²) < 4.78 is 5.29. The molecule has 2 heterocycles. The summed E-state index contributed by atoms with van der Waals surface area (Å²) in [5, 5.41) is 4.94. The molecule has 0 atom stereocenters. The van der Waals surface area contributed by atoms with Gasteiger partial charge in [-0.2, -0.15) is 4.48 Å². The van der Waals surface area contributed by atoms with E-state index in [1.165, 1.54) is 82.9 Å². The van der Waals surface area contributed by atoms with Gasteiger partial charge in [0.15, 0.2) is 0 Å². The third kappa shape index (κ3) is 5.94. The number of nitrogens with zero attached hydrogens (tertiary/aromatic N) is 3. The van der Waals surface area contributed by atoms with Gasteiger partial charge in [0.2, 0.25) is 0 Å². The first-order valence-corrected chi connectivity index (χ1v) is 21.7. The average molecular weight is 805 g/mol. The van der Waals surface area contributed by atoms with Crippen molar-refractivity contribution in [2.24, 2.45) is 0 Å². The minimum Gasteiger partial charge on any atom is -0.309 e. The van der Waals surface area contributed by atoms with Gasteiger partial charge in [0, 0.05) is 75.8 Å². The third-order valence-electron chi connectivity index (χ3n) is 12.8.